The zero-order valence-corrected chi connectivity index (χ0v) is 23.2. The zero-order chi connectivity index (χ0) is 27.7. The molecule has 206 valence electrons. The molecule has 8 nitrogen and oxygen atoms in total. The summed E-state index contributed by atoms with van der Waals surface area (Å²) < 4.78 is 31.3. The van der Waals surface area contributed by atoms with Gasteiger partial charge in [0.15, 0.2) is 0 Å². The number of carbonyl (C=O) groups is 3. The van der Waals surface area contributed by atoms with Crippen molar-refractivity contribution >= 4 is 18.0 Å². The maximum Gasteiger partial charge on any atom is 0.410 e. The summed E-state index contributed by atoms with van der Waals surface area (Å²) in [5.41, 5.74) is -1.14. The van der Waals surface area contributed by atoms with Crippen LogP contribution < -0.4 is 5.32 Å². The quantitative estimate of drug-likeness (QED) is 0.515. The Kier molecular flexibility index (Phi) is 8.57. The number of rotatable bonds is 8. The van der Waals surface area contributed by atoms with Crippen LogP contribution in [0.3, 0.4) is 0 Å². The third-order valence-corrected chi connectivity index (χ3v) is 6.70. The van der Waals surface area contributed by atoms with E-state index in [9.17, 15) is 18.8 Å². The normalized spacial score (nSPS) is 23.5. The van der Waals surface area contributed by atoms with Gasteiger partial charge in [-0.3, -0.25) is 9.69 Å². The minimum Gasteiger partial charge on any atom is -0.458 e. The number of nitrogens with zero attached hydrogens (tertiary/aromatic N) is 1. The van der Waals surface area contributed by atoms with Gasteiger partial charge in [0.2, 0.25) is 5.91 Å². The summed E-state index contributed by atoms with van der Waals surface area (Å²) in [6.07, 6.45) is 0.535. The SMILES string of the molecule is CO[C@H]([C@@H](C)C(=O)NC(Cc1ccccc1F)C(=O)OC(C)(C)C)[C@@H]1C[C@@H]2C[C@@H]2N1C(=O)OC(C)(C)C. The highest BCUT2D eigenvalue weighted by Gasteiger charge is 2.58. The summed E-state index contributed by atoms with van der Waals surface area (Å²) in [4.78, 5) is 41.1. The van der Waals surface area contributed by atoms with Gasteiger partial charge in [-0.2, -0.15) is 0 Å². The van der Waals surface area contributed by atoms with E-state index in [1.54, 1.807) is 50.8 Å². The summed E-state index contributed by atoms with van der Waals surface area (Å²) in [5.74, 6) is -1.90. The number of nitrogens with one attached hydrogen (secondary N) is 1. The van der Waals surface area contributed by atoms with Crippen molar-refractivity contribution in [3.63, 3.8) is 0 Å². The number of carbonyl (C=O) groups excluding carboxylic acids is 3. The minimum absolute atomic E-state index is 0.0602. The molecule has 2 aliphatic rings. The van der Waals surface area contributed by atoms with Crippen LogP contribution in [0.5, 0.6) is 0 Å². The predicted molar refractivity (Wildman–Crippen MR) is 136 cm³/mol. The highest BCUT2D eigenvalue weighted by Crippen LogP contribution is 2.50. The average molecular weight is 521 g/mol. The molecule has 1 saturated heterocycles. The van der Waals surface area contributed by atoms with Crippen molar-refractivity contribution in [3.8, 4) is 0 Å². The van der Waals surface area contributed by atoms with Crippen LogP contribution >= 0.6 is 0 Å². The van der Waals surface area contributed by atoms with Crippen molar-refractivity contribution in [2.75, 3.05) is 7.11 Å². The zero-order valence-electron chi connectivity index (χ0n) is 23.2. The maximum absolute atomic E-state index is 14.4. The molecule has 1 saturated carbocycles. The average Bonchev–Trinajstić information content (AvgIpc) is 3.42. The number of amides is 2. The molecule has 1 unspecified atom stereocenters. The largest absolute Gasteiger partial charge is 0.458 e. The molecule has 1 aliphatic heterocycles. The Bertz CT molecular complexity index is 1000. The number of methoxy groups -OCH3 is 1. The molecule has 3 rings (SSSR count). The molecule has 1 aromatic carbocycles. The molecule has 1 heterocycles. The van der Waals surface area contributed by atoms with E-state index in [0.717, 1.165) is 6.42 Å². The Morgan fingerprint density at radius 3 is 2.24 bits per heavy atom. The van der Waals surface area contributed by atoms with Crippen molar-refractivity contribution in [2.45, 2.75) is 103 Å². The van der Waals surface area contributed by atoms with Gasteiger partial charge in [-0.05, 0) is 71.9 Å². The third kappa shape index (κ3) is 7.43. The van der Waals surface area contributed by atoms with Crippen LogP contribution in [0.25, 0.3) is 0 Å². The summed E-state index contributed by atoms with van der Waals surface area (Å²) in [6.45, 7) is 12.3. The first kappa shape index (κ1) is 28.9. The minimum atomic E-state index is -1.09. The van der Waals surface area contributed by atoms with E-state index in [4.69, 9.17) is 14.2 Å². The molecule has 0 radical (unpaired) electrons. The van der Waals surface area contributed by atoms with E-state index in [-0.39, 0.29) is 18.5 Å². The van der Waals surface area contributed by atoms with Gasteiger partial charge in [0, 0.05) is 19.6 Å². The summed E-state index contributed by atoms with van der Waals surface area (Å²) in [6, 6.07) is 4.77. The fourth-order valence-electron chi connectivity index (χ4n) is 4.97. The lowest BCUT2D eigenvalue weighted by Crippen LogP contribution is -2.54. The van der Waals surface area contributed by atoms with Gasteiger partial charge < -0.3 is 19.5 Å². The molecular weight excluding hydrogens is 479 g/mol. The van der Waals surface area contributed by atoms with Gasteiger partial charge >= 0.3 is 12.1 Å². The van der Waals surface area contributed by atoms with Gasteiger partial charge in [0.25, 0.3) is 0 Å². The molecule has 1 aliphatic carbocycles. The molecule has 2 amide bonds. The number of piperidine rings is 1. The molecular formula is C28H41FN2O6. The van der Waals surface area contributed by atoms with Crippen LogP contribution in [0.2, 0.25) is 0 Å². The Morgan fingerprint density at radius 1 is 1.05 bits per heavy atom. The first-order valence-corrected chi connectivity index (χ1v) is 12.9. The number of fused-ring (bicyclic) bond motifs is 1. The van der Waals surface area contributed by atoms with Gasteiger partial charge in [0.1, 0.15) is 23.1 Å². The Morgan fingerprint density at radius 2 is 1.68 bits per heavy atom. The topological polar surface area (TPSA) is 94.2 Å². The first-order valence-electron chi connectivity index (χ1n) is 12.9. The Hall–Kier alpha value is -2.68. The Labute approximate surface area is 219 Å². The Balaban J connectivity index is 1.77. The first-order chi connectivity index (χ1) is 17.1. The molecule has 1 aromatic rings. The lowest BCUT2D eigenvalue weighted by Gasteiger charge is -2.36. The van der Waals surface area contributed by atoms with Crippen molar-refractivity contribution in [1.82, 2.24) is 10.2 Å². The van der Waals surface area contributed by atoms with E-state index in [1.165, 1.54) is 13.2 Å². The molecule has 0 spiro atoms. The molecule has 1 N–H and O–H groups in total. The summed E-state index contributed by atoms with van der Waals surface area (Å²) >= 11 is 0. The summed E-state index contributed by atoms with van der Waals surface area (Å²) in [7, 11) is 1.51. The van der Waals surface area contributed by atoms with Gasteiger partial charge in [0.05, 0.1) is 18.1 Å². The monoisotopic (exact) mass is 520 g/mol. The number of ether oxygens (including phenoxy) is 3. The fraction of sp³-hybridized carbons (Fsp3) is 0.679. The highest BCUT2D eigenvalue weighted by molar-refractivity contribution is 5.86. The molecule has 6 atom stereocenters. The van der Waals surface area contributed by atoms with Crippen LogP contribution in [0.15, 0.2) is 24.3 Å². The number of halogens is 1. The van der Waals surface area contributed by atoms with Crippen LogP contribution in [0, 0.1) is 17.7 Å². The van der Waals surface area contributed by atoms with Crippen LogP contribution in [-0.2, 0) is 30.2 Å². The van der Waals surface area contributed by atoms with Crippen LogP contribution in [0.4, 0.5) is 9.18 Å². The van der Waals surface area contributed by atoms with E-state index in [1.807, 2.05) is 20.8 Å². The second-order valence-corrected chi connectivity index (χ2v) is 12.1. The van der Waals surface area contributed by atoms with E-state index < -0.39 is 53.1 Å². The molecule has 37 heavy (non-hydrogen) atoms. The standard InChI is InChI=1S/C28H41FN2O6/c1-16(23(35-8)22-15-18-14-21(18)31(22)26(34)37-28(5,6)7)24(32)30-20(25(33)36-27(2,3)4)13-17-11-9-10-12-19(17)29/h9-12,16,18,20-23H,13-15H2,1-8H3,(H,30,32)/t16-,18+,20?,21+,22+,23-/m1/s1. The van der Waals surface area contributed by atoms with Gasteiger partial charge in [-0.25, -0.2) is 14.0 Å². The molecule has 9 heteroatoms. The lowest BCUT2D eigenvalue weighted by atomic mass is 9.93. The van der Waals surface area contributed by atoms with Crippen molar-refractivity contribution < 1.29 is 33.0 Å². The fourth-order valence-corrected chi connectivity index (χ4v) is 4.97. The number of hydrogen-bond donors (Lipinski definition) is 1. The second-order valence-electron chi connectivity index (χ2n) is 12.1. The number of hydrogen-bond acceptors (Lipinski definition) is 6. The maximum atomic E-state index is 14.4. The van der Waals surface area contributed by atoms with E-state index in [0.29, 0.717) is 17.9 Å². The number of benzene rings is 1. The predicted octanol–water partition coefficient (Wildman–Crippen LogP) is 4.24. The smallest absolute Gasteiger partial charge is 0.410 e. The molecule has 0 bridgehead atoms. The lowest BCUT2D eigenvalue weighted by molar-refractivity contribution is -0.159. The molecule has 0 aromatic heterocycles. The van der Waals surface area contributed by atoms with Crippen LogP contribution in [-0.4, -0.2) is 65.4 Å². The molecule has 2 fully saturated rings. The summed E-state index contributed by atoms with van der Waals surface area (Å²) in [5, 5.41) is 2.76. The highest BCUT2D eigenvalue weighted by atomic mass is 19.1. The van der Waals surface area contributed by atoms with Gasteiger partial charge in [-0.15, -0.1) is 0 Å². The van der Waals surface area contributed by atoms with Crippen molar-refractivity contribution in [3.05, 3.63) is 35.6 Å². The second kappa shape index (κ2) is 11.0. The van der Waals surface area contributed by atoms with Crippen LogP contribution in [0.1, 0.15) is 66.9 Å². The van der Waals surface area contributed by atoms with E-state index in [2.05, 4.69) is 5.32 Å². The van der Waals surface area contributed by atoms with Crippen molar-refractivity contribution in [1.29, 1.82) is 0 Å². The van der Waals surface area contributed by atoms with E-state index >= 15 is 0 Å². The van der Waals surface area contributed by atoms with Crippen molar-refractivity contribution in [2.24, 2.45) is 11.8 Å². The van der Waals surface area contributed by atoms with Gasteiger partial charge in [-0.1, -0.05) is 25.1 Å². The number of likely N-dealkylation sites (tertiary alicyclic amines) is 1. The number of esters is 1. The third-order valence-electron chi connectivity index (χ3n) is 6.70.